The van der Waals surface area contributed by atoms with Crippen LogP contribution in [0.1, 0.15) is 35.0 Å². The van der Waals surface area contributed by atoms with E-state index in [-0.39, 0.29) is 17.1 Å². The van der Waals surface area contributed by atoms with Gasteiger partial charge in [-0.2, -0.15) is 0 Å². The minimum atomic E-state index is -0.326. The first-order chi connectivity index (χ1) is 9.62. The van der Waals surface area contributed by atoms with Crippen molar-refractivity contribution in [2.75, 3.05) is 5.32 Å². The summed E-state index contributed by atoms with van der Waals surface area (Å²) in [5.74, 6) is 0.0793. The van der Waals surface area contributed by atoms with E-state index in [0.717, 1.165) is 23.4 Å². The average molecular weight is 285 g/mol. The van der Waals surface area contributed by atoms with Crippen molar-refractivity contribution in [3.05, 3.63) is 52.2 Å². The highest BCUT2D eigenvalue weighted by molar-refractivity contribution is 7.10. The van der Waals surface area contributed by atoms with Crippen LogP contribution in [0.15, 0.2) is 41.8 Å². The number of rotatable bonds is 4. The molecule has 1 saturated carbocycles. The molecule has 0 spiro atoms. The maximum atomic E-state index is 12.4. The molecule has 3 rings (SSSR count). The van der Waals surface area contributed by atoms with Crippen LogP contribution in [0.2, 0.25) is 0 Å². The lowest BCUT2D eigenvalue weighted by molar-refractivity contribution is -0.118. The van der Waals surface area contributed by atoms with E-state index >= 15 is 0 Å². The molecule has 0 saturated heterocycles. The number of ketones is 1. The number of Topliss-reactive ketones (excluding diaryl/α,β-unsaturated/α-hetero) is 1. The van der Waals surface area contributed by atoms with E-state index in [1.54, 1.807) is 35.6 Å². The van der Waals surface area contributed by atoms with Crippen molar-refractivity contribution in [3.8, 4) is 0 Å². The fraction of sp³-hybridized carbons (Fsp3) is 0.250. The molecule has 20 heavy (non-hydrogen) atoms. The molecule has 0 bridgehead atoms. The largest absolute Gasteiger partial charge is 0.325 e. The summed E-state index contributed by atoms with van der Waals surface area (Å²) in [6, 6.07) is 11.0. The number of carbonyl (C=O) groups is 2. The molecule has 1 heterocycles. The van der Waals surface area contributed by atoms with Crippen molar-refractivity contribution in [3.63, 3.8) is 0 Å². The lowest BCUT2D eigenvalue weighted by Gasteiger charge is -2.13. The monoisotopic (exact) mass is 285 g/mol. The number of hydrogen-bond donors (Lipinski definition) is 1. The van der Waals surface area contributed by atoms with Crippen LogP contribution in [-0.4, -0.2) is 11.7 Å². The predicted molar refractivity (Wildman–Crippen MR) is 80.3 cm³/mol. The van der Waals surface area contributed by atoms with Gasteiger partial charge in [-0.15, -0.1) is 11.3 Å². The van der Waals surface area contributed by atoms with E-state index in [1.165, 1.54) is 6.92 Å². The third-order valence-corrected chi connectivity index (χ3v) is 4.80. The average Bonchev–Trinajstić information content (AvgIpc) is 3.07. The van der Waals surface area contributed by atoms with Crippen molar-refractivity contribution in [2.45, 2.75) is 25.2 Å². The van der Waals surface area contributed by atoms with Gasteiger partial charge < -0.3 is 5.32 Å². The Morgan fingerprint density at radius 1 is 1.15 bits per heavy atom. The van der Waals surface area contributed by atoms with Crippen molar-refractivity contribution in [2.24, 2.45) is 0 Å². The van der Waals surface area contributed by atoms with E-state index < -0.39 is 0 Å². The first-order valence-corrected chi connectivity index (χ1v) is 7.46. The molecule has 1 aliphatic carbocycles. The first-order valence-electron chi connectivity index (χ1n) is 6.58. The molecule has 1 N–H and O–H groups in total. The van der Waals surface area contributed by atoms with Gasteiger partial charge in [-0.1, -0.05) is 6.07 Å². The van der Waals surface area contributed by atoms with E-state index in [4.69, 9.17) is 0 Å². The molecule has 1 amide bonds. The fourth-order valence-corrected chi connectivity index (χ4v) is 3.28. The van der Waals surface area contributed by atoms with Crippen molar-refractivity contribution >= 4 is 28.7 Å². The summed E-state index contributed by atoms with van der Waals surface area (Å²) in [6.07, 6.45) is 1.82. The van der Waals surface area contributed by atoms with Crippen LogP contribution in [0.3, 0.4) is 0 Å². The molecule has 1 aromatic heterocycles. The van der Waals surface area contributed by atoms with Gasteiger partial charge in [0.15, 0.2) is 5.78 Å². The number of benzene rings is 1. The van der Waals surface area contributed by atoms with Crippen LogP contribution in [0, 0.1) is 0 Å². The van der Waals surface area contributed by atoms with Crippen LogP contribution in [0.4, 0.5) is 5.69 Å². The number of hydrogen-bond acceptors (Lipinski definition) is 3. The normalized spacial score (nSPS) is 15.7. The second kappa shape index (κ2) is 4.87. The Morgan fingerprint density at radius 3 is 2.35 bits per heavy atom. The molecule has 1 aliphatic rings. The lowest BCUT2D eigenvalue weighted by atomic mass is 10.0. The molecule has 0 aliphatic heterocycles. The van der Waals surface area contributed by atoms with Crippen LogP contribution in [-0.2, 0) is 10.2 Å². The van der Waals surface area contributed by atoms with E-state index in [1.807, 2.05) is 17.5 Å². The minimum absolute atomic E-state index is 0.0279. The molecule has 0 unspecified atom stereocenters. The lowest BCUT2D eigenvalue weighted by Crippen LogP contribution is -2.26. The molecule has 1 fully saturated rings. The highest BCUT2D eigenvalue weighted by Crippen LogP contribution is 2.50. The van der Waals surface area contributed by atoms with Crippen molar-refractivity contribution < 1.29 is 9.59 Å². The fourth-order valence-electron chi connectivity index (χ4n) is 2.30. The van der Waals surface area contributed by atoms with Crippen molar-refractivity contribution in [1.82, 2.24) is 0 Å². The van der Waals surface area contributed by atoms with Gasteiger partial charge in [-0.25, -0.2) is 0 Å². The summed E-state index contributed by atoms with van der Waals surface area (Å²) >= 11 is 1.63. The third-order valence-electron chi connectivity index (χ3n) is 3.73. The molecule has 2 aromatic rings. The number of thiophene rings is 1. The maximum absolute atomic E-state index is 12.4. The third kappa shape index (κ3) is 2.27. The maximum Gasteiger partial charge on any atom is 0.235 e. The molecular formula is C16H15NO2S. The van der Waals surface area contributed by atoms with Gasteiger partial charge in [0.05, 0.1) is 5.41 Å². The summed E-state index contributed by atoms with van der Waals surface area (Å²) in [7, 11) is 0. The zero-order chi connectivity index (χ0) is 14.2. The van der Waals surface area contributed by atoms with Gasteiger partial charge in [0.25, 0.3) is 0 Å². The van der Waals surface area contributed by atoms with Gasteiger partial charge in [-0.3, -0.25) is 9.59 Å². The zero-order valence-corrected chi connectivity index (χ0v) is 12.0. The van der Waals surface area contributed by atoms with Gasteiger partial charge in [0.1, 0.15) is 0 Å². The summed E-state index contributed by atoms with van der Waals surface area (Å²) in [4.78, 5) is 24.8. The number of anilines is 1. The highest BCUT2D eigenvalue weighted by Gasteiger charge is 2.52. The van der Waals surface area contributed by atoms with E-state index in [9.17, 15) is 9.59 Å². The SMILES string of the molecule is CC(=O)c1ccc(NC(=O)C2(c3cccs3)CC2)cc1. The molecule has 0 radical (unpaired) electrons. The highest BCUT2D eigenvalue weighted by atomic mass is 32.1. The van der Waals surface area contributed by atoms with Gasteiger partial charge in [-0.05, 0) is 55.5 Å². The van der Waals surface area contributed by atoms with Crippen LogP contribution in [0.25, 0.3) is 0 Å². The molecule has 102 valence electrons. The smallest absolute Gasteiger partial charge is 0.235 e. The Balaban J connectivity index is 1.75. The number of amides is 1. The predicted octanol–water partition coefficient (Wildman–Crippen LogP) is 3.62. The van der Waals surface area contributed by atoms with E-state index in [0.29, 0.717) is 5.56 Å². The van der Waals surface area contributed by atoms with Crippen LogP contribution < -0.4 is 5.32 Å². The summed E-state index contributed by atoms with van der Waals surface area (Å²) < 4.78 is 0. The Bertz CT molecular complexity index is 640. The van der Waals surface area contributed by atoms with Gasteiger partial charge >= 0.3 is 0 Å². The Kier molecular flexibility index (Phi) is 3.18. The Hall–Kier alpha value is -1.94. The standard InChI is InChI=1S/C16H15NO2S/c1-11(18)12-4-6-13(7-5-12)17-15(19)16(8-9-16)14-3-2-10-20-14/h2-7,10H,8-9H2,1H3,(H,17,19). The van der Waals surface area contributed by atoms with Crippen LogP contribution >= 0.6 is 11.3 Å². The number of nitrogens with one attached hydrogen (secondary N) is 1. The Morgan fingerprint density at radius 2 is 1.85 bits per heavy atom. The zero-order valence-electron chi connectivity index (χ0n) is 11.2. The summed E-state index contributed by atoms with van der Waals surface area (Å²) in [5.41, 5.74) is 1.07. The van der Waals surface area contributed by atoms with Crippen molar-refractivity contribution in [1.29, 1.82) is 0 Å². The van der Waals surface area contributed by atoms with Gasteiger partial charge in [0, 0.05) is 16.1 Å². The first kappa shape index (κ1) is 13.1. The molecule has 1 aromatic carbocycles. The van der Waals surface area contributed by atoms with Gasteiger partial charge in [0.2, 0.25) is 5.91 Å². The molecular weight excluding hydrogens is 270 g/mol. The summed E-state index contributed by atoms with van der Waals surface area (Å²) in [5, 5.41) is 4.96. The topological polar surface area (TPSA) is 46.2 Å². The Labute approximate surface area is 121 Å². The minimum Gasteiger partial charge on any atom is -0.325 e. The molecule has 0 atom stereocenters. The second-order valence-corrected chi connectivity index (χ2v) is 6.09. The second-order valence-electron chi connectivity index (χ2n) is 5.15. The van der Waals surface area contributed by atoms with E-state index in [2.05, 4.69) is 5.32 Å². The molecule has 3 nitrogen and oxygen atoms in total. The quantitative estimate of drug-likeness (QED) is 0.872. The van der Waals surface area contributed by atoms with Crippen LogP contribution in [0.5, 0.6) is 0 Å². The molecule has 4 heteroatoms. The number of carbonyl (C=O) groups excluding carboxylic acids is 2. The summed E-state index contributed by atoms with van der Waals surface area (Å²) in [6.45, 7) is 1.53.